The van der Waals surface area contributed by atoms with E-state index in [1.54, 1.807) is 6.08 Å². The average molecular weight is 377 g/mol. The third kappa shape index (κ3) is 5.62. The lowest BCUT2D eigenvalue weighted by molar-refractivity contribution is -0.169. The highest BCUT2D eigenvalue weighted by molar-refractivity contribution is 6.30. The number of esters is 1. The maximum Gasteiger partial charge on any atom is 0.312 e. The Kier molecular flexibility index (Phi) is 7.10. The molecule has 0 spiro atoms. The number of ether oxygens (including phenoxy) is 1. The molecule has 25 heavy (non-hydrogen) atoms. The Labute approximate surface area is 159 Å². The zero-order chi connectivity index (χ0) is 18.3. The molecule has 0 radical (unpaired) electrons. The first-order valence-corrected chi connectivity index (χ1v) is 8.98. The van der Waals surface area contributed by atoms with Gasteiger partial charge in [-0.1, -0.05) is 59.6 Å². The van der Waals surface area contributed by atoms with Gasteiger partial charge >= 0.3 is 5.97 Å². The zero-order valence-corrected chi connectivity index (χ0v) is 15.8. The van der Waals surface area contributed by atoms with Crippen LogP contribution in [0.2, 0.25) is 10.0 Å². The van der Waals surface area contributed by atoms with Crippen molar-refractivity contribution in [3.8, 4) is 0 Å². The molecule has 3 rings (SSSR count). The Morgan fingerprint density at radius 2 is 1.72 bits per heavy atom. The molecule has 1 aliphatic rings. The summed E-state index contributed by atoms with van der Waals surface area (Å²) >= 11 is 11.4. The molecule has 2 aromatic carbocycles. The highest BCUT2D eigenvalue weighted by Crippen LogP contribution is 2.40. The molecule has 0 bridgehead atoms. The fourth-order valence-corrected chi connectivity index (χ4v) is 2.98. The van der Waals surface area contributed by atoms with Crippen molar-refractivity contribution in [1.29, 1.82) is 0 Å². The number of hydrogen-bond acceptors (Lipinski definition) is 2. The number of allylic oxidation sites excluding steroid dienone is 1. The van der Waals surface area contributed by atoms with Crippen LogP contribution in [0.3, 0.4) is 0 Å². The predicted octanol–water partition coefficient (Wildman–Crippen LogP) is 6.64. The van der Waals surface area contributed by atoms with Gasteiger partial charge in [0.15, 0.2) is 0 Å². The number of benzene rings is 2. The minimum Gasteiger partial charge on any atom is -0.457 e. The SMILES string of the molecule is C=CC[C@@]1(C)CC[C@H](c2ccc(Cl)cc2)OC1=O.Clc1ccccc1. The van der Waals surface area contributed by atoms with E-state index in [1.807, 2.05) is 61.5 Å². The summed E-state index contributed by atoms with van der Waals surface area (Å²) in [5.74, 6) is -0.131. The van der Waals surface area contributed by atoms with Crippen LogP contribution in [-0.4, -0.2) is 5.97 Å². The van der Waals surface area contributed by atoms with Crippen molar-refractivity contribution in [1.82, 2.24) is 0 Å². The van der Waals surface area contributed by atoms with Crippen LogP contribution in [0.15, 0.2) is 67.3 Å². The van der Waals surface area contributed by atoms with Gasteiger partial charge in [0, 0.05) is 10.0 Å². The van der Waals surface area contributed by atoms with Crippen LogP contribution in [-0.2, 0) is 9.53 Å². The Morgan fingerprint density at radius 1 is 1.12 bits per heavy atom. The van der Waals surface area contributed by atoms with Crippen LogP contribution < -0.4 is 0 Å². The number of cyclic esters (lactones) is 1. The summed E-state index contributed by atoms with van der Waals surface area (Å²) in [5.41, 5.74) is 0.596. The normalized spacial score (nSPS) is 22.4. The maximum atomic E-state index is 12.1. The summed E-state index contributed by atoms with van der Waals surface area (Å²) in [6.07, 6.45) is 3.97. The number of carbonyl (C=O) groups is 1. The molecule has 0 amide bonds. The van der Waals surface area contributed by atoms with Crippen LogP contribution in [0.25, 0.3) is 0 Å². The van der Waals surface area contributed by atoms with Crippen molar-refractivity contribution in [2.24, 2.45) is 5.41 Å². The fraction of sp³-hybridized carbons (Fsp3) is 0.286. The molecule has 1 fully saturated rings. The molecule has 132 valence electrons. The summed E-state index contributed by atoms with van der Waals surface area (Å²) in [6.45, 7) is 5.64. The molecule has 0 saturated carbocycles. The quantitative estimate of drug-likeness (QED) is 0.443. The van der Waals surface area contributed by atoms with E-state index in [0.29, 0.717) is 11.4 Å². The molecule has 0 unspecified atom stereocenters. The second-order valence-corrected chi connectivity index (χ2v) is 7.21. The van der Waals surface area contributed by atoms with Crippen molar-refractivity contribution in [3.05, 3.63) is 82.9 Å². The third-order valence-corrected chi connectivity index (χ3v) is 4.77. The van der Waals surface area contributed by atoms with Gasteiger partial charge in [-0.15, -0.1) is 6.58 Å². The van der Waals surface area contributed by atoms with Gasteiger partial charge in [-0.25, -0.2) is 0 Å². The van der Waals surface area contributed by atoms with Crippen LogP contribution >= 0.6 is 23.2 Å². The first-order chi connectivity index (χ1) is 11.9. The number of rotatable bonds is 3. The van der Waals surface area contributed by atoms with Gasteiger partial charge in [0.2, 0.25) is 0 Å². The van der Waals surface area contributed by atoms with Crippen molar-refractivity contribution in [2.45, 2.75) is 32.3 Å². The van der Waals surface area contributed by atoms with E-state index in [9.17, 15) is 4.79 Å². The lowest BCUT2D eigenvalue weighted by Gasteiger charge is -2.35. The van der Waals surface area contributed by atoms with E-state index in [1.165, 1.54) is 0 Å². The van der Waals surface area contributed by atoms with Gasteiger partial charge in [0.05, 0.1) is 5.41 Å². The molecular weight excluding hydrogens is 355 g/mol. The standard InChI is InChI=1S/C15H17ClO2.C6H5Cl/c1-3-9-15(2)10-8-13(18-14(15)17)11-4-6-12(16)7-5-11;7-6-4-2-1-3-5-6/h3-7,13H,1,8-10H2,2H3;1-5H/t13-,15+;/m1./s1. The first-order valence-electron chi connectivity index (χ1n) is 8.22. The number of halogens is 2. The molecule has 0 aromatic heterocycles. The molecule has 0 aliphatic carbocycles. The van der Waals surface area contributed by atoms with Crippen LogP contribution in [0.1, 0.15) is 37.9 Å². The highest BCUT2D eigenvalue weighted by Gasteiger charge is 2.40. The van der Waals surface area contributed by atoms with Gasteiger partial charge < -0.3 is 4.74 Å². The summed E-state index contributed by atoms with van der Waals surface area (Å²) in [4.78, 5) is 12.1. The lowest BCUT2D eigenvalue weighted by atomic mass is 9.78. The predicted molar refractivity (Wildman–Crippen MR) is 104 cm³/mol. The molecule has 0 N–H and O–H groups in total. The van der Waals surface area contributed by atoms with E-state index in [0.717, 1.165) is 23.4 Å². The van der Waals surface area contributed by atoms with Gasteiger partial charge in [-0.2, -0.15) is 0 Å². The van der Waals surface area contributed by atoms with Crippen molar-refractivity contribution < 1.29 is 9.53 Å². The largest absolute Gasteiger partial charge is 0.457 e. The van der Waals surface area contributed by atoms with Gasteiger partial charge in [0.1, 0.15) is 6.10 Å². The second-order valence-electron chi connectivity index (χ2n) is 6.33. The third-order valence-electron chi connectivity index (χ3n) is 4.27. The maximum absolute atomic E-state index is 12.1. The molecule has 1 heterocycles. The number of carbonyl (C=O) groups excluding carboxylic acids is 1. The van der Waals surface area contributed by atoms with Crippen LogP contribution in [0, 0.1) is 5.41 Å². The molecule has 1 aliphatic heterocycles. The Bertz CT molecular complexity index is 698. The Balaban J connectivity index is 0.000000269. The van der Waals surface area contributed by atoms with E-state index in [4.69, 9.17) is 27.9 Å². The van der Waals surface area contributed by atoms with E-state index < -0.39 is 5.41 Å². The zero-order valence-electron chi connectivity index (χ0n) is 14.3. The summed E-state index contributed by atoms with van der Waals surface area (Å²) in [5, 5.41) is 1.49. The van der Waals surface area contributed by atoms with Crippen LogP contribution in [0.5, 0.6) is 0 Å². The molecule has 2 nitrogen and oxygen atoms in total. The average Bonchev–Trinajstić information content (AvgIpc) is 2.60. The van der Waals surface area contributed by atoms with Gasteiger partial charge in [-0.3, -0.25) is 4.79 Å². The lowest BCUT2D eigenvalue weighted by Crippen LogP contribution is -2.35. The monoisotopic (exact) mass is 376 g/mol. The topological polar surface area (TPSA) is 26.3 Å². The minimum atomic E-state index is -0.412. The van der Waals surface area contributed by atoms with Gasteiger partial charge in [0.25, 0.3) is 0 Å². The Hall–Kier alpha value is -1.77. The Morgan fingerprint density at radius 3 is 2.20 bits per heavy atom. The molecule has 4 heteroatoms. The molecular formula is C21H22Cl2O2. The van der Waals surface area contributed by atoms with E-state index in [2.05, 4.69) is 6.58 Å². The summed E-state index contributed by atoms with van der Waals surface area (Å²) in [6, 6.07) is 16.9. The van der Waals surface area contributed by atoms with Crippen molar-refractivity contribution >= 4 is 29.2 Å². The summed E-state index contributed by atoms with van der Waals surface area (Å²) < 4.78 is 5.55. The van der Waals surface area contributed by atoms with Gasteiger partial charge in [-0.05, 0) is 56.0 Å². The molecule has 2 aromatic rings. The summed E-state index contributed by atoms with van der Waals surface area (Å²) in [7, 11) is 0. The highest BCUT2D eigenvalue weighted by atomic mass is 35.5. The van der Waals surface area contributed by atoms with Crippen molar-refractivity contribution in [2.75, 3.05) is 0 Å². The fourth-order valence-electron chi connectivity index (χ4n) is 2.71. The smallest absolute Gasteiger partial charge is 0.312 e. The first kappa shape index (κ1) is 19.6. The van der Waals surface area contributed by atoms with Crippen molar-refractivity contribution in [3.63, 3.8) is 0 Å². The molecule has 1 saturated heterocycles. The number of hydrogen-bond donors (Lipinski definition) is 0. The van der Waals surface area contributed by atoms with E-state index >= 15 is 0 Å². The molecule has 2 atom stereocenters. The minimum absolute atomic E-state index is 0.131. The van der Waals surface area contributed by atoms with E-state index in [-0.39, 0.29) is 12.1 Å². The second kappa shape index (κ2) is 9.07. The van der Waals surface area contributed by atoms with Crippen LogP contribution in [0.4, 0.5) is 0 Å².